The van der Waals surface area contributed by atoms with Gasteiger partial charge in [0.15, 0.2) is 0 Å². The quantitative estimate of drug-likeness (QED) is 0.555. The summed E-state index contributed by atoms with van der Waals surface area (Å²) in [4.78, 5) is 2.48. The second kappa shape index (κ2) is 2.73. The highest BCUT2D eigenvalue weighted by Gasteiger charge is 2.40. The van der Waals surface area contributed by atoms with Crippen LogP contribution in [0.4, 0.5) is 0 Å². The number of rotatable bonds is 2. The van der Waals surface area contributed by atoms with Crippen molar-refractivity contribution in [2.24, 2.45) is 0 Å². The van der Waals surface area contributed by atoms with E-state index in [4.69, 9.17) is 4.74 Å². The SMILES string of the molecule is CC1(CN2CCNCC2)CO1. The van der Waals surface area contributed by atoms with Gasteiger partial charge in [0.05, 0.1) is 6.61 Å². The molecule has 11 heavy (non-hydrogen) atoms. The lowest BCUT2D eigenvalue weighted by atomic mass is 10.2. The first-order valence-corrected chi connectivity index (χ1v) is 4.36. The van der Waals surface area contributed by atoms with Gasteiger partial charge in [0.25, 0.3) is 0 Å². The Kier molecular flexibility index (Phi) is 1.87. The van der Waals surface area contributed by atoms with Crippen LogP contribution in [0.3, 0.4) is 0 Å². The van der Waals surface area contributed by atoms with Crippen LogP contribution in [0.25, 0.3) is 0 Å². The second-order valence-electron chi connectivity index (χ2n) is 3.76. The van der Waals surface area contributed by atoms with Crippen molar-refractivity contribution in [1.82, 2.24) is 10.2 Å². The summed E-state index contributed by atoms with van der Waals surface area (Å²) in [7, 11) is 0. The summed E-state index contributed by atoms with van der Waals surface area (Å²) in [6, 6.07) is 0. The zero-order valence-electron chi connectivity index (χ0n) is 7.10. The van der Waals surface area contributed by atoms with Crippen LogP contribution in [-0.4, -0.2) is 49.8 Å². The number of hydrogen-bond acceptors (Lipinski definition) is 3. The molecule has 1 atom stereocenters. The van der Waals surface area contributed by atoms with Crippen LogP contribution in [-0.2, 0) is 4.74 Å². The number of epoxide rings is 1. The molecule has 1 unspecified atom stereocenters. The molecule has 1 N–H and O–H groups in total. The third-order valence-electron chi connectivity index (χ3n) is 2.40. The number of piperazine rings is 1. The molecule has 0 spiro atoms. The molecule has 2 aliphatic rings. The highest BCUT2D eigenvalue weighted by Crippen LogP contribution is 2.26. The maximum Gasteiger partial charge on any atom is 0.101 e. The van der Waals surface area contributed by atoms with Crippen LogP contribution in [0.1, 0.15) is 6.92 Å². The van der Waals surface area contributed by atoms with E-state index in [0.29, 0.717) is 0 Å². The van der Waals surface area contributed by atoms with Gasteiger partial charge in [-0.2, -0.15) is 0 Å². The first-order chi connectivity index (χ1) is 5.29. The minimum Gasteiger partial charge on any atom is -0.369 e. The Balaban J connectivity index is 1.76. The zero-order chi connectivity index (χ0) is 7.73. The lowest BCUT2D eigenvalue weighted by molar-refractivity contribution is 0.179. The molecule has 0 aromatic rings. The fourth-order valence-corrected chi connectivity index (χ4v) is 1.56. The van der Waals surface area contributed by atoms with E-state index in [9.17, 15) is 0 Å². The molecule has 0 saturated carbocycles. The first kappa shape index (κ1) is 7.53. The maximum atomic E-state index is 5.34. The van der Waals surface area contributed by atoms with Gasteiger partial charge in [-0.05, 0) is 6.92 Å². The molecule has 3 heteroatoms. The lowest BCUT2D eigenvalue weighted by Gasteiger charge is -2.28. The van der Waals surface area contributed by atoms with Crippen molar-refractivity contribution >= 4 is 0 Å². The average Bonchev–Trinajstić information content (AvgIpc) is 2.70. The molecule has 2 heterocycles. The molecule has 2 saturated heterocycles. The van der Waals surface area contributed by atoms with Gasteiger partial charge in [-0.1, -0.05) is 0 Å². The largest absolute Gasteiger partial charge is 0.369 e. The maximum absolute atomic E-state index is 5.34. The molecule has 3 nitrogen and oxygen atoms in total. The molecular weight excluding hydrogens is 140 g/mol. The summed E-state index contributed by atoms with van der Waals surface area (Å²) >= 11 is 0. The summed E-state index contributed by atoms with van der Waals surface area (Å²) in [5.41, 5.74) is 0.206. The highest BCUT2D eigenvalue weighted by molar-refractivity contribution is 4.91. The Morgan fingerprint density at radius 3 is 2.64 bits per heavy atom. The van der Waals surface area contributed by atoms with Crippen molar-refractivity contribution in [2.45, 2.75) is 12.5 Å². The molecular formula is C8H16N2O. The lowest BCUT2D eigenvalue weighted by Crippen LogP contribution is -2.46. The van der Waals surface area contributed by atoms with Crippen LogP contribution < -0.4 is 5.32 Å². The monoisotopic (exact) mass is 156 g/mol. The fraction of sp³-hybridized carbons (Fsp3) is 1.00. The third-order valence-corrected chi connectivity index (χ3v) is 2.40. The van der Waals surface area contributed by atoms with Crippen LogP contribution in [0, 0.1) is 0 Å². The van der Waals surface area contributed by atoms with Gasteiger partial charge in [0.1, 0.15) is 5.60 Å². The summed E-state index contributed by atoms with van der Waals surface area (Å²) in [6.45, 7) is 8.89. The highest BCUT2D eigenvalue weighted by atomic mass is 16.6. The van der Waals surface area contributed by atoms with Crippen molar-refractivity contribution in [1.29, 1.82) is 0 Å². The fourth-order valence-electron chi connectivity index (χ4n) is 1.56. The van der Waals surface area contributed by atoms with Crippen LogP contribution in [0.15, 0.2) is 0 Å². The van der Waals surface area contributed by atoms with Gasteiger partial charge in [-0.25, -0.2) is 0 Å². The Morgan fingerprint density at radius 1 is 1.45 bits per heavy atom. The average molecular weight is 156 g/mol. The molecule has 0 amide bonds. The van der Waals surface area contributed by atoms with E-state index >= 15 is 0 Å². The van der Waals surface area contributed by atoms with Gasteiger partial charge in [0, 0.05) is 32.7 Å². The minimum absolute atomic E-state index is 0.206. The molecule has 0 bridgehead atoms. The van der Waals surface area contributed by atoms with Gasteiger partial charge in [-0.15, -0.1) is 0 Å². The predicted molar refractivity (Wildman–Crippen MR) is 43.7 cm³/mol. The molecule has 0 radical (unpaired) electrons. The van der Waals surface area contributed by atoms with Crippen molar-refractivity contribution in [2.75, 3.05) is 39.3 Å². The Bertz CT molecular complexity index is 139. The van der Waals surface area contributed by atoms with Crippen LogP contribution >= 0.6 is 0 Å². The van der Waals surface area contributed by atoms with Crippen LogP contribution in [0.2, 0.25) is 0 Å². The third kappa shape index (κ3) is 1.92. The topological polar surface area (TPSA) is 27.8 Å². The molecule has 2 aliphatic heterocycles. The van der Waals surface area contributed by atoms with E-state index in [0.717, 1.165) is 26.2 Å². The van der Waals surface area contributed by atoms with E-state index in [-0.39, 0.29) is 5.60 Å². The number of nitrogens with one attached hydrogen (secondary N) is 1. The standard InChI is InChI=1S/C8H16N2O/c1-8(7-11-8)6-10-4-2-9-3-5-10/h9H,2-7H2,1H3. The number of nitrogens with zero attached hydrogens (tertiary/aromatic N) is 1. The summed E-state index contributed by atoms with van der Waals surface area (Å²) in [5, 5.41) is 3.34. The van der Waals surface area contributed by atoms with E-state index in [1.165, 1.54) is 13.1 Å². The Labute approximate surface area is 67.7 Å². The van der Waals surface area contributed by atoms with Crippen molar-refractivity contribution in [3.8, 4) is 0 Å². The smallest absolute Gasteiger partial charge is 0.101 e. The van der Waals surface area contributed by atoms with Gasteiger partial charge in [0.2, 0.25) is 0 Å². The Hall–Kier alpha value is -0.120. The van der Waals surface area contributed by atoms with Gasteiger partial charge >= 0.3 is 0 Å². The van der Waals surface area contributed by atoms with Crippen molar-refractivity contribution < 1.29 is 4.74 Å². The molecule has 0 aliphatic carbocycles. The summed E-state index contributed by atoms with van der Waals surface area (Å²) < 4.78 is 5.34. The molecule has 2 rings (SSSR count). The molecule has 0 aromatic carbocycles. The van der Waals surface area contributed by atoms with Crippen LogP contribution in [0.5, 0.6) is 0 Å². The van der Waals surface area contributed by atoms with E-state index in [1.54, 1.807) is 0 Å². The summed E-state index contributed by atoms with van der Waals surface area (Å²) in [6.07, 6.45) is 0. The summed E-state index contributed by atoms with van der Waals surface area (Å²) in [5.74, 6) is 0. The first-order valence-electron chi connectivity index (χ1n) is 4.36. The Morgan fingerprint density at radius 2 is 2.09 bits per heavy atom. The predicted octanol–water partition coefficient (Wildman–Crippen LogP) is -0.319. The van der Waals surface area contributed by atoms with Crippen molar-refractivity contribution in [3.05, 3.63) is 0 Å². The van der Waals surface area contributed by atoms with E-state index in [1.807, 2.05) is 0 Å². The van der Waals surface area contributed by atoms with Gasteiger partial charge < -0.3 is 10.1 Å². The van der Waals surface area contributed by atoms with Crippen molar-refractivity contribution in [3.63, 3.8) is 0 Å². The van der Waals surface area contributed by atoms with E-state index in [2.05, 4.69) is 17.1 Å². The second-order valence-corrected chi connectivity index (χ2v) is 3.76. The molecule has 64 valence electrons. The van der Waals surface area contributed by atoms with E-state index < -0.39 is 0 Å². The van der Waals surface area contributed by atoms with Gasteiger partial charge in [-0.3, -0.25) is 4.90 Å². The molecule has 0 aromatic heterocycles. The zero-order valence-corrected chi connectivity index (χ0v) is 7.10. The number of hydrogen-bond donors (Lipinski definition) is 1. The minimum atomic E-state index is 0.206. The normalized spacial score (nSPS) is 39.0. The number of ether oxygens (including phenoxy) is 1. The molecule has 2 fully saturated rings.